The van der Waals surface area contributed by atoms with Crippen molar-refractivity contribution in [3.8, 4) is 0 Å². The predicted octanol–water partition coefficient (Wildman–Crippen LogP) is 1.73. The van der Waals surface area contributed by atoms with Crippen LogP contribution < -0.4 is 0 Å². The Morgan fingerprint density at radius 1 is 1.30 bits per heavy atom. The second-order valence-corrected chi connectivity index (χ2v) is 5.67. The van der Waals surface area contributed by atoms with Gasteiger partial charge in [0.2, 0.25) is 11.8 Å². The molecule has 11 heteroatoms. The van der Waals surface area contributed by atoms with Gasteiger partial charge in [0, 0.05) is 19.2 Å². The third-order valence-corrected chi connectivity index (χ3v) is 3.86. The SMILES string of the molecule is Cc1nn(Cc2nnc(CCn3cc([N+](=O)[O-])cn3)o2)cc1Br. The van der Waals surface area contributed by atoms with Crippen LogP contribution in [0.3, 0.4) is 0 Å². The molecule has 0 atom stereocenters. The summed E-state index contributed by atoms with van der Waals surface area (Å²) >= 11 is 3.39. The van der Waals surface area contributed by atoms with Crippen LogP contribution in [-0.4, -0.2) is 34.7 Å². The quantitative estimate of drug-likeness (QED) is 0.471. The third kappa shape index (κ3) is 3.62. The van der Waals surface area contributed by atoms with E-state index in [0.717, 1.165) is 10.2 Å². The summed E-state index contributed by atoms with van der Waals surface area (Å²) in [7, 11) is 0. The summed E-state index contributed by atoms with van der Waals surface area (Å²) in [5.74, 6) is 0.891. The lowest BCUT2D eigenvalue weighted by molar-refractivity contribution is -0.385. The van der Waals surface area contributed by atoms with Crippen LogP contribution in [0.5, 0.6) is 0 Å². The van der Waals surface area contributed by atoms with Crippen LogP contribution in [-0.2, 0) is 19.5 Å². The average molecular weight is 382 g/mol. The summed E-state index contributed by atoms with van der Waals surface area (Å²) in [6.07, 6.45) is 4.84. The zero-order chi connectivity index (χ0) is 16.4. The summed E-state index contributed by atoms with van der Waals surface area (Å²) in [4.78, 5) is 10.1. The molecule has 0 aliphatic carbocycles. The van der Waals surface area contributed by atoms with Crippen molar-refractivity contribution in [3.63, 3.8) is 0 Å². The molecule has 3 rings (SSSR count). The second kappa shape index (κ2) is 6.28. The summed E-state index contributed by atoms with van der Waals surface area (Å²) in [5, 5.41) is 26.7. The van der Waals surface area contributed by atoms with Gasteiger partial charge in [-0.1, -0.05) is 0 Å². The number of halogens is 1. The molecule has 0 spiro atoms. The van der Waals surface area contributed by atoms with E-state index in [-0.39, 0.29) is 5.69 Å². The molecule has 10 nitrogen and oxygen atoms in total. The summed E-state index contributed by atoms with van der Waals surface area (Å²) < 4.78 is 9.62. The van der Waals surface area contributed by atoms with E-state index < -0.39 is 4.92 Å². The minimum Gasteiger partial charge on any atom is -0.423 e. The van der Waals surface area contributed by atoms with E-state index in [0.29, 0.717) is 31.3 Å². The Bertz CT molecular complexity index is 818. The number of rotatable bonds is 6. The molecule has 0 unspecified atom stereocenters. The normalized spacial score (nSPS) is 11.0. The van der Waals surface area contributed by atoms with E-state index in [1.807, 2.05) is 13.1 Å². The molecule has 3 aromatic rings. The Balaban J connectivity index is 1.59. The van der Waals surface area contributed by atoms with Crippen LogP contribution in [0.1, 0.15) is 17.5 Å². The fourth-order valence-electron chi connectivity index (χ4n) is 1.95. The standard InChI is InChI=1S/C12H12BrN7O3/c1-8-10(13)6-19(17-8)7-12-16-15-11(23-12)2-3-18-5-9(4-14-18)20(21)22/h4-6H,2-3,7H2,1H3. The van der Waals surface area contributed by atoms with Crippen LogP contribution in [0.15, 0.2) is 27.5 Å². The van der Waals surface area contributed by atoms with Crippen LogP contribution in [0, 0.1) is 17.0 Å². The molecule has 0 fully saturated rings. The average Bonchev–Trinajstić information content (AvgIpc) is 3.19. The van der Waals surface area contributed by atoms with Crippen molar-refractivity contribution >= 4 is 21.6 Å². The van der Waals surface area contributed by atoms with Gasteiger partial charge in [0.25, 0.3) is 0 Å². The van der Waals surface area contributed by atoms with Gasteiger partial charge in [-0.3, -0.25) is 19.5 Å². The van der Waals surface area contributed by atoms with Gasteiger partial charge in [-0.2, -0.15) is 10.2 Å². The zero-order valence-corrected chi connectivity index (χ0v) is 13.7. The Morgan fingerprint density at radius 2 is 2.09 bits per heavy atom. The number of aryl methyl sites for hydroxylation is 3. The lowest BCUT2D eigenvalue weighted by Gasteiger charge is -1.97. The van der Waals surface area contributed by atoms with E-state index in [2.05, 4.69) is 36.3 Å². The molecule has 0 radical (unpaired) electrons. The lowest BCUT2D eigenvalue weighted by atomic mass is 10.4. The van der Waals surface area contributed by atoms with Gasteiger partial charge in [-0.15, -0.1) is 10.2 Å². The van der Waals surface area contributed by atoms with Gasteiger partial charge in [0.05, 0.1) is 15.1 Å². The van der Waals surface area contributed by atoms with Crippen LogP contribution in [0.25, 0.3) is 0 Å². The van der Waals surface area contributed by atoms with Crippen molar-refractivity contribution in [2.75, 3.05) is 0 Å². The Labute approximate surface area is 138 Å². The van der Waals surface area contributed by atoms with E-state index >= 15 is 0 Å². The van der Waals surface area contributed by atoms with Gasteiger partial charge < -0.3 is 4.42 Å². The van der Waals surface area contributed by atoms with Crippen molar-refractivity contribution in [1.29, 1.82) is 0 Å². The molecule has 120 valence electrons. The number of hydrogen-bond acceptors (Lipinski definition) is 7. The molecule has 0 aliphatic heterocycles. The van der Waals surface area contributed by atoms with Crippen molar-refractivity contribution < 1.29 is 9.34 Å². The van der Waals surface area contributed by atoms with Crippen molar-refractivity contribution in [2.24, 2.45) is 0 Å². The first-order chi connectivity index (χ1) is 11.0. The number of nitrogens with zero attached hydrogens (tertiary/aromatic N) is 7. The minimum atomic E-state index is -0.488. The maximum absolute atomic E-state index is 10.6. The molecule has 23 heavy (non-hydrogen) atoms. The highest BCUT2D eigenvalue weighted by Crippen LogP contribution is 2.14. The minimum absolute atomic E-state index is 0.0455. The molecular weight excluding hydrogens is 370 g/mol. The zero-order valence-electron chi connectivity index (χ0n) is 12.1. The van der Waals surface area contributed by atoms with E-state index in [9.17, 15) is 10.1 Å². The van der Waals surface area contributed by atoms with Gasteiger partial charge in [0.15, 0.2) is 0 Å². The first kappa shape index (κ1) is 15.3. The predicted molar refractivity (Wildman–Crippen MR) is 80.6 cm³/mol. The van der Waals surface area contributed by atoms with Gasteiger partial charge in [-0.05, 0) is 22.9 Å². The maximum atomic E-state index is 10.6. The molecule has 3 aromatic heterocycles. The van der Waals surface area contributed by atoms with E-state index in [1.54, 1.807) is 4.68 Å². The summed E-state index contributed by atoms with van der Waals surface area (Å²) in [6.45, 7) is 2.69. The highest BCUT2D eigenvalue weighted by Gasteiger charge is 2.11. The molecular formula is C12H12BrN7O3. The highest BCUT2D eigenvalue weighted by molar-refractivity contribution is 9.10. The number of nitro groups is 1. The van der Waals surface area contributed by atoms with Crippen molar-refractivity contribution in [2.45, 2.75) is 26.4 Å². The van der Waals surface area contributed by atoms with Crippen molar-refractivity contribution in [3.05, 3.63) is 50.7 Å². The molecule has 3 heterocycles. The van der Waals surface area contributed by atoms with Crippen LogP contribution in [0.4, 0.5) is 5.69 Å². The summed E-state index contributed by atoms with van der Waals surface area (Å²) in [5.41, 5.74) is 0.834. The Kier molecular flexibility index (Phi) is 4.19. The van der Waals surface area contributed by atoms with Crippen LogP contribution in [0.2, 0.25) is 0 Å². The van der Waals surface area contributed by atoms with E-state index in [4.69, 9.17) is 4.42 Å². The second-order valence-electron chi connectivity index (χ2n) is 4.82. The first-order valence-electron chi connectivity index (χ1n) is 6.69. The molecule has 0 aliphatic rings. The molecule has 0 amide bonds. The van der Waals surface area contributed by atoms with Crippen molar-refractivity contribution in [1.82, 2.24) is 29.8 Å². The molecule has 0 saturated heterocycles. The lowest BCUT2D eigenvalue weighted by Crippen LogP contribution is -2.02. The maximum Gasteiger partial charge on any atom is 0.306 e. The fourth-order valence-corrected chi connectivity index (χ4v) is 2.26. The molecule has 0 aromatic carbocycles. The molecule has 0 bridgehead atoms. The molecule has 0 saturated carbocycles. The largest absolute Gasteiger partial charge is 0.423 e. The Morgan fingerprint density at radius 3 is 2.74 bits per heavy atom. The fraction of sp³-hybridized carbons (Fsp3) is 0.333. The topological polar surface area (TPSA) is 118 Å². The molecule has 0 N–H and O–H groups in total. The Hall–Kier alpha value is -2.56. The number of aromatic nitrogens is 6. The van der Waals surface area contributed by atoms with Gasteiger partial charge in [-0.25, -0.2) is 0 Å². The van der Waals surface area contributed by atoms with Gasteiger partial charge in [0.1, 0.15) is 18.9 Å². The van der Waals surface area contributed by atoms with Crippen LogP contribution >= 0.6 is 15.9 Å². The van der Waals surface area contributed by atoms with E-state index in [1.165, 1.54) is 17.1 Å². The first-order valence-corrected chi connectivity index (χ1v) is 7.48. The van der Waals surface area contributed by atoms with Gasteiger partial charge >= 0.3 is 5.69 Å². The number of hydrogen-bond donors (Lipinski definition) is 0. The highest BCUT2D eigenvalue weighted by atomic mass is 79.9. The monoisotopic (exact) mass is 381 g/mol. The smallest absolute Gasteiger partial charge is 0.306 e. The summed E-state index contributed by atoms with van der Waals surface area (Å²) in [6, 6.07) is 0. The third-order valence-electron chi connectivity index (χ3n) is 3.08.